The minimum absolute atomic E-state index is 0.0317. The second kappa shape index (κ2) is 5.89. The fourth-order valence-electron chi connectivity index (χ4n) is 1.59. The Kier molecular flexibility index (Phi) is 4.24. The molecule has 2 rings (SSSR count). The van der Waals surface area contributed by atoms with E-state index in [4.69, 9.17) is 4.74 Å². The predicted molar refractivity (Wildman–Crippen MR) is 65.9 cm³/mol. The molecule has 0 saturated carbocycles. The van der Waals surface area contributed by atoms with Gasteiger partial charge in [0.2, 0.25) is 0 Å². The Morgan fingerprint density at radius 1 is 1.67 bits per heavy atom. The lowest BCUT2D eigenvalue weighted by molar-refractivity contribution is -0.380. The van der Waals surface area contributed by atoms with Crippen LogP contribution >= 0.6 is 11.3 Å². The van der Waals surface area contributed by atoms with Crippen LogP contribution in [0.5, 0.6) is 0 Å². The van der Waals surface area contributed by atoms with E-state index in [1.54, 1.807) is 0 Å². The van der Waals surface area contributed by atoms with E-state index in [9.17, 15) is 14.9 Å². The van der Waals surface area contributed by atoms with Crippen LogP contribution < -0.4 is 10.6 Å². The number of nitrogens with one attached hydrogen (secondary N) is 2. The number of morpholine rings is 1. The van der Waals surface area contributed by atoms with Gasteiger partial charge in [-0.2, -0.15) is 0 Å². The molecule has 1 fully saturated rings. The van der Waals surface area contributed by atoms with Crippen molar-refractivity contribution in [2.45, 2.75) is 6.10 Å². The Balaban J connectivity index is 1.84. The Labute approximate surface area is 107 Å². The molecule has 1 saturated heterocycles. The van der Waals surface area contributed by atoms with E-state index in [1.807, 2.05) is 0 Å². The average Bonchev–Trinajstić information content (AvgIpc) is 2.87. The molecule has 0 bridgehead atoms. The number of carbonyl (C=O) groups is 1. The SMILES string of the molecule is O=C(NCC1CNCCO1)c1ccc([N+](=O)[O-])s1. The van der Waals surface area contributed by atoms with Crippen LogP contribution in [0.15, 0.2) is 12.1 Å². The van der Waals surface area contributed by atoms with E-state index < -0.39 is 4.92 Å². The van der Waals surface area contributed by atoms with Crippen LogP contribution in [0.1, 0.15) is 9.67 Å². The van der Waals surface area contributed by atoms with Crippen molar-refractivity contribution in [1.29, 1.82) is 0 Å². The zero-order valence-corrected chi connectivity index (χ0v) is 10.4. The van der Waals surface area contributed by atoms with Crippen LogP contribution in [-0.4, -0.2) is 43.2 Å². The van der Waals surface area contributed by atoms with Gasteiger partial charge in [0.05, 0.1) is 22.5 Å². The second-order valence-corrected chi connectivity index (χ2v) is 4.86. The number of rotatable bonds is 4. The zero-order chi connectivity index (χ0) is 13.0. The third-order valence-corrected chi connectivity index (χ3v) is 3.53. The highest BCUT2D eigenvalue weighted by atomic mass is 32.1. The third kappa shape index (κ3) is 3.25. The Morgan fingerprint density at radius 3 is 3.11 bits per heavy atom. The number of nitro groups is 1. The molecule has 1 unspecified atom stereocenters. The van der Waals surface area contributed by atoms with Crippen LogP contribution in [-0.2, 0) is 4.74 Å². The molecule has 7 nitrogen and oxygen atoms in total. The smallest absolute Gasteiger partial charge is 0.324 e. The number of hydrogen-bond acceptors (Lipinski definition) is 6. The number of thiophene rings is 1. The van der Waals surface area contributed by atoms with Crippen molar-refractivity contribution in [3.63, 3.8) is 0 Å². The molecule has 0 radical (unpaired) electrons. The lowest BCUT2D eigenvalue weighted by Gasteiger charge is -2.23. The van der Waals surface area contributed by atoms with Gasteiger partial charge in [-0.15, -0.1) is 0 Å². The molecular weight excluding hydrogens is 258 g/mol. The van der Waals surface area contributed by atoms with E-state index in [0.29, 0.717) is 24.6 Å². The summed E-state index contributed by atoms with van der Waals surface area (Å²) in [5, 5.41) is 16.3. The molecule has 18 heavy (non-hydrogen) atoms. The maximum Gasteiger partial charge on any atom is 0.324 e. The monoisotopic (exact) mass is 271 g/mol. The van der Waals surface area contributed by atoms with Gasteiger partial charge in [-0.3, -0.25) is 14.9 Å². The number of nitrogens with zero attached hydrogens (tertiary/aromatic N) is 1. The Morgan fingerprint density at radius 2 is 2.50 bits per heavy atom. The van der Waals surface area contributed by atoms with Crippen LogP contribution in [0.3, 0.4) is 0 Å². The molecule has 1 aromatic heterocycles. The molecule has 1 atom stereocenters. The molecule has 1 aliphatic heterocycles. The topological polar surface area (TPSA) is 93.5 Å². The van der Waals surface area contributed by atoms with Crippen molar-refractivity contribution in [3.05, 3.63) is 27.1 Å². The van der Waals surface area contributed by atoms with Crippen molar-refractivity contribution in [2.75, 3.05) is 26.2 Å². The van der Waals surface area contributed by atoms with Crippen LogP contribution in [0.4, 0.5) is 5.00 Å². The first-order valence-electron chi connectivity index (χ1n) is 5.51. The van der Waals surface area contributed by atoms with Gasteiger partial charge in [0.25, 0.3) is 5.91 Å². The van der Waals surface area contributed by atoms with E-state index in [1.165, 1.54) is 12.1 Å². The number of hydrogen-bond donors (Lipinski definition) is 2. The van der Waals surface area contributed by atoms with Crippen molar-refractivity contribution in [2.24, 2.45) is 0 Å². The summed E-state index contributed by atoms with van der Waals surface area (Å²) in [6, 6.07) is 2.79. The molecule has 0 aliphatic carbocycles. The van der Waals surface area contributed by atoms with Gasteiger partial charge in [-0.05, 0) is 6.07 Å². The lowest BCUT2D eigenvalue weighted by atomic mass is 10.3. The van der Waals surface area contributed by atoms with E-state index in [-0.39, 0.29) is 17.0 Å². The summed E-state index contributed by atoms with van der Waals surface area (Å²) < 4.78 is 5.43. The predicted octanol–water partition coefficient (Wildman–Crippen LogP) is 0.375. The van der Waals surface area contributed by atoms with Gasteiger partial charge < -0.3 is 15.4 Å². The summed E-state index contributed by atoms with van der Waals surface area (Å²) in [5.41, 5.74) is 0. The molecule has 1 amide bonds. The maximum absolute atomic E-state index is 11.7. The summed E-state index contributed by atoms with van der Waals surface area (Å²) in [5.74, 6) is -0.303. The first-order valence-corrected chi connectivity index (χ1v) is 6.33. The molecule has 0 aromatic carbocycles. The molecule has 0 spiro atoms. The van der Waals surface area contributed by atoms with Gasteiger partial charge in [0.1, 0.15) is 0 Å². The minimum atomic E-state index is -0.504. The maximum atomic E-state index is 11.7. The van der Waals surface area contributed by atoms with E-state index in [2.05, 4.69) is 10.6 Å². The first kappa shape index (κ1) is 12.9. The highest BCUT2D eigenvalue weighted by Crippen LogP contribution is 2.23. The largest absolute Gasteiger partial charge is 0.374 e. The molecule has 2 N–H and O–H groups in total. The third-order valence-electron chi connectivity index (χ3n) is 2.49. The number of amides is 1. The average molecular weight is 271 g/mol. The molecule has 98 valence electrons. The van der Waals surface area contributed by atoms with Crippen molar-refractivity contribution < 1.29 is 14.5 Å². The standard InChI is InChI=1S/C10H13N3O4S/c14-10(8-1-2-9(18-8)13(15)16)12-6-7-5-11-3-4-17-7/h1-2,7,11H,3-6H2,(H,12,14). The fourth-order valence-corrected chi connectivity index (χ4v) is 2.33. The summed E-state index contributed by atoms with van der Waals surface area (Å²) in [6.45, 7) is 2.55. The molecule has 8 heteroatoms. The molecule has 2 heterocycles. The quantitative estimate of drug-likeness (QED) is 0.609. The molecule has 1 aliphatic rings. The number of ether oxygens (including phenoxy) is 1. The summed E-state index contributed by atoms with van der Waals surface area (Å²) in [7, 11) is 0. The van der Waals surface area contributed by atoms with Crippen LogP contribution in [0.25, 0.3) is 0 Å². The minimum Gasteiger partial charge on any atom is -0.374 e. The molecule has 1 aromatic rings. The zero-order valence-electron chi connectivity index (χ0n) is 9.55. The Hall–Kier alpha value is -1.51. The lowest BCUT2D eigenvalue weighted by Crippen LogP contribution is -2.45. The normalized spacial score (nSPS) is 19.4. The molecular formula is C10H13N3O4S. The summed E-state index contributed by atoms with van der Waals surface area (Å²) >= 11 is 0.868. The highest BCUT2D eigenvalue weighted by molar-refractivity contribution is 7.17. The van der Waals surface area contributed by atoms with Gasteiger partial charge in [-0.1, -0.05) is 11.3 Å². The van der Waals surface area contributed by atoms with Crippen molar-refractivity contribution in [1.82, 2.24) is 10.6 Å². The van der Waals surface area contributed by atoms with Crippen LogP contribution in [0, 0.1) is 10.1 Å². The van der Waals surface area contributed by atoms with Crippen LogP contribution in [0.2, 0.25) is 0 Å². The highest BCUT2D eigenvalue weighted by Gasteiger charge is 2.18. The second-order valence-electron chi connectivity index (χ2n) is 3.80. The first-order chi connectivity index (χ1) is 8.66. The fraction of sp³-hybridized carbons (Fsp3) is 0.500. The van der Waals surface area contributed by atoms with Gasteiger partial charge in [-0.25, -0.2) is 0 Å². The summed E-state index contributed by atoms with van der Waals surface area (Å²) in [4.78, 5) is 22.1. The van der Waals surface area contributed by atoms with Crippen molar-refractivity contribution in [3.8, 4) is 0 Å². The van der Waals surface area contributed by atoms with Gasteiger partial charge >= 0.3 is 5.00 Å². The number of carbonyl (C=O) groups excluding carboxylic acids is 1. The van der Waals surface area contributed by atoms with Crippen molar-refractivity contribution >= 4 is 22.2 Å². The Bertz CT molecular complexity index is 442. The van der Waals surface area contributed by atoms with E-state index >= 15 is 0 Å². The van der Waals surface area contributed by atoms with E-state index in [0.717, 1.165) is 17.9 Å². The van der Waals surface area contributed by atoms with Gasteiger partial charge in [0, 0.05) is 25.7 Å². The summed E-state index contributed by atoms with van der Waals surface area (Å²) in [6.07, 6.45) is -0.0438. The van der Waals surface area contributed by atoms with Gasteiger partial charge in [0.15, 0.2) is 0 Å².